The normalized spacial score (nSPS) is 17.9. The molecule has 0 aliphatic carbocycles. The lowest BCUT2D eigenvalue weighted by molar-refractivity contribution is -0.144. The number of hydrogen-bond acceptors (Lipinski definition) is 9. The molecule has 11 heteroatoms. The quantitative estimate of drug-likeness (QED) is 0.399. The molecule has 2 N–H and O–H groups in total. The van der Waals surface area contributed by atoms with Gasteiger partial charge in [-0.1, -0.05) is 17.3 Å². The first-order chi connectivity index (χ1) is 17.0. The molecule has 0 radical (unpaired) electrons. The smallest absolute Gasteiger partial charge is 0.262 e. The standard InChI is InChI=1S/C24H20N8O3/c1-31-12-9-24(34,22(31)33)21-13-18(30-35-21)16-6-4-5-15(27-16)17-8-10-25-23(28-17)29-19-14-26-32-11-3-2-7-20(19)32/h2-8,10-11,13-14,34H,9,12H2,1H3,(H,25,28,29). The summed E-state index contributed by atoms with van der Waals surface area (Å²) in [6.45, 7) is 0.443. The summed E-state index contributed by atoms with van der Waals surface area (Å²) in [5, 5.41) is 22.4. The third-order valence-electron chi connectivity index (χ3n) is 6.03. The summed E-state index contributed by atoms with van der Waals surface area (Å²) in [4.78, 5) is 27.4. The molecule has 0 saturated carbocycles. The van der Waals surface area contributed by atoms with Crippen molar-refractivity contribution < 1.29 is 14.4 Å². The van der Waals surface area contributed by atoms with E-state index in [9.17, 15) is 9.90 Å². The highest BCUT2D eigenvalue weighted by Gasteiger charge is 2.48. The van der Waals surface area contributed by atoms with Crippen molar-refractivity contribution in [1.29, 1.82) is 0 Å². The number of carbonyl (C=O) groups is 1. The Bertz CT molecular complexity index is 1560. The number of pyridine rings is 2. The van der Waals surface area contributed by atoms with Gasteiger partial charge in [0.15, 0.2) is 5.76 Å². The summed E-state index contributed by atoms with van der Waals surface area (Å²) < 4.78 is 7.11. The summed E-state index contributed by atoms with van der Waals surface area (Å²) in [7, 11) is 1.64. The van der Waals surface area contributed by atoms with Gasteiger partial charge in [-0.25, -0.2) is 19.5 Å². The van der Waals surface area contributed by atoms with Crippen LogP contribution in [0, 0.1) is 0 Å². The summed E-state index contributed by atoms with van der Waals surface area (Å²) in [5.41, 5.74) is 2.13. The van der Waals surface area contributed by atoms with Crippen LogP contribution in [0.3, 0.4) is 0 Å². The molecule has 0 spiro atoms. The molecular formula is C24H20N8O3. The van der Waals surface area contributed by atoms with E-state index in [1.807, 2.05) is 36.5 Å². The molecule has 5 aromatic rings. The van der Waals surface area contributed by atoms with E-state index in [0.717, 1.165) is 11.2 Å². The van der Waals surface area contributed by atoms with Crippen LogP contribution in [0.1, 0.15) is 12.2 Å². The molecule has 6 heterocycles. The summed E-state index contributed by atoms with van der Waals surface area (Å²) in [5.74, 6) is 0.105. The van der Waals surface area contributed by atoms with Crippen LogP contribution in [0.15, 0.2) is 71.6 Å². The Balaban J connectivity index is 1.28. The maximum Gasteiger partial charge on any atom is 0.262 e. The second kappa shape index (κ2) is 7.99. The average Bonchev–Trinajstić information content (AvgIpc) is 3.61. The predicted octanol–water partition coefficient (Wildman–Crippen LogP) is 2.63. The van der Waals surface area contributed by atoms with Crippen molar-refractivity contribution in [2.24, 2.45) is 0 Å². The number of fused-ring (bicyclic) bond motifs is 1. The van der Waals surface area contributed by atoms with Gasteiger partial charge < -0.3 is 19.8 Å². The van der Waals surface area contributed by atoms with Crippen LogP contribution in [-0.2, 0) is 10.4 Å². The number of hydrogen-bond donors (Lipinski definition) is 2. The maximum absolute atomic E-state index is 12.4. The van der Waals surface area contributed by atoms with Crippen molar-refractivity contribution in [1.82, 2.24) is 34.6 Å². The minimum Gasteiger partial charge on any atom is -0.373 e. The molecule has 5 aromatic heterocycles. The lowest BCUT2D eigenvalue weighted by Gasteiger charge is -2.16. The fraction of sp³-hybridized carbons (Fsp3) is 0.167. The number of carbonyl (C=O) groups excluding carboxylic acids is 1. The predicted molar refractivity (Wildman–Crippen MR) is 125 cm³/mol. The van der Waals surface area contributed by atoms with Gasteiger partial charge in [0.05, 0.1) is 34.5 Å². The van der Waals surface area contributed by atoms with Gasteiger partial charge >= 0.3 is 0 Å². The van der Waals surface area contributed by atoms with Crippen molar-refractivity contribution in [3.63, 3.8) is 0 Å². The van der Waals surface area contributed by atoms with E-state index in [-0.39, 0.29) is 12.2 Å². The fourth-order valence-electron chi connectivity index (χ4n) is 4.11. The van der Waals surface area contributed by atoms with Crippen LogP contribution < -0.4 is 5.32 Å². The van der Waals surface area contributed by atoms with E-state index in [4.69, 9.17) is 4.52 Å². The van der Waals surface area contributed by atoms with Crippen LogP contribution in [-0.4, -0.2) is 59.2 Å². The number of anilines is 2. The molecule has 1 fully saturated rings. The number of rotatable bonds is 5. The minimum absolute atomic E-state index is 0.107. The molecule has 0 bridgehead atoms. The van der Waals surface area contributed by atoms with Gasteiger partial charge in [0.25, 0.3) is 5.91 Å². The van der Waals surface area contributed by atoms with Crippen LogP contribution in [0.5, 0.6) is 0 Å². The first-order valence-electron chi connectivity index (χ1n) is 11.0. The van der Waals surface area contributed by atoms with Gasteiger partial charge in [0.1, 0.15) is 5.69 Å². The third-order valence-corrected chi connectivity index (χ3v) is 6.03. The zero-order chi connectivity index (χ0) is 24.0. The number of nitrogens with zero attached hydrogens (tertiary/aromatic N) is 7. The van der Waals surface area contributed by atoms with Crippen LogP contribution >= 0.6 is 0 Å². The molecule has 1 amide bonds. The van der Waals surface area contributed by atoms with E-state index >= 15 is 0 Å². The first-order valence-corrected chi connectivity index (χ1v) is 11.0. The van der Waals surface area contributed by atoms with Gasteiger partial charge in [0.2, 0.25) is 11.5 Å². The van der Waals surface area contributed by atoms with Crippen molar-refractivity contribution in [3.05, 3.63) is 72.9 Å². The topological polar surface area (TPSA) is 135 Å². The number of aliphatic hydroxyl groups is 1. The Morgan fingerprint density at radius 2 is 1.89 bits per heavy atom. The number of likely N-dealkylation sites (N-methyl/N-ethyl adjacent to an activating group) is 1. The van der Waals surface area contributed by atoms with E-state index < -0.39 is 11.5 Å². The Kier molecular flexibility index (Phi) is 4.78. The SMILES string of the molecule is CN1CCC(O)(c2cc(-c3cccc(-c4ccnc(Nc5cnn6ccccc56)n4)n3)no2)C1=O. The molecule has 174 valence electrons. The number of likely N-dealkylation sites (tertiary alicyclic amines) is 1. The molecule has 1 atom stereocenters. The Morgan fingerprint density at radius 1 is 1.06 bits per heavy atom. The van der Waals surface area contributed by atoms with Gasteiger partial charge in [-0.15, -0.1) is 0 Å². The van der Waals surface area contributed by atoms with Crippen LogP contribution in [0.2, 0.25) is 0 Å². The van der Waals surface area contributed by atoms with E-state index in [1.54, 1.807) is 42.2 Å². The molecule has 1 aliphatic rings. The Hall–Kier alpha value is -4.64. The molecule has 6 rings (SSSR count). The van der Waals surface area contributed by atoms with E-state index in [0.29, 0.717) is 35.3 Å². The van der Waals surface area contributed by atoms with Crippen LogP contribution in [0.25, 0.3) is 28.3 Å². The van der Waals surface area contributed by atoms with E-state index in [2.05, 4.69) is 30.5 Å². The lowest BCUT2D eigenvalue weighted by Crippen LogP contribution is -2.35. The Morgan fingerprint density at radius 3 is 2.71 bits per heavy atom. The fourth-order valence-corrected chi connectivity index (χ4v) is 4.11. The molecule has 1 aliphatic heterocycles. The van der Waals surface area contributed by atoms with Gasteiger partial charge in [-0.05, 0) is 30.3 Å². The molecule has 35 heavy (non-hydrogen) atoms. The summed E-state index contributed by atoms with van der Waals surface area (Å²) in [6, 6.07) is 14.5. The van der Waals surface area contributed by atoms with E-state index in [1.165, 1.54) is 4.90 Å². The zero-order valence-electron chi connectivity index (χ0n) is 18.7. The number of aromatic nitrogens is 6. The number of nitrogens with one attached hydrogen (secondary N) is 1. The highest BCUT2D eigenvalue weighted by atomic mass is 16.5. The molecule has 1 unspecified atom stereocenters. The average molecular weight is 468 g/mol. The second-order valence-corrected chi connectivity index (χ2v) is 8.30. The van der Waals surface area contributed by atoms with Crippen molar-refractivity contribution in [2.75, 3.05) is 18.9 Å². The minimum atomic E-state index is -1.71. The molecule has 11 nitrogen and oxygen atoms in total. The maximum atomic E-state index is 12.4. The highest BCUT2D eigenvalue weighted by molar-refractivity contribution is 5.87. The lowest BCUT2D eigenvalue weighted by atomic mass is 9.98. The first kappa shape index (κ1) is 20.9. The highest BCUT2D eigenvalue weighted by Crippen LogP contribution is 2.34. The van der Waals surface area contributed by atoms with Crippen molar-refractivity contribution >= 4 is 23.1 Å². The van der Waals surface area contributed by atoms with Crippen molar-refractivity contribution in [3.8, 4) is 22.8 Å². The second-order valence-electron chi connectivity index (χ2n) is 8.30. The Labute approximate surface area is 199 Å². The molecule has 0 aromatic carbocycles. The number of amides is 1. The molecule has 1 saturated heterocycles. The molecular weight excluding hydrogens is 448 g/mol. The van der Waals surface area contributed by atoms with Gasteiger partial charge in [0, 0.05) is 38.5 Å². The third kappa shape index (κ3) is 3.58. The zero-order valence-corrected chi connectivity index (χ0v) is 18.7. The van der Waals surface area contributed by atoms with Gasteiger partial charge in [-0.2, -0.15) is 5.10 Å². The van der Waals surface area contributed by atoms with Crippen LogP contribution in [0.4, 0.5) is 11.6 Å². The largest absolute Gasteiger partial charge is 0.373 e. The van der Waals surface area contributed by atoms with Crippen molar-refractivity contribution in [2.45, 2.75) is 12.0 Å². The summed E-state index contributed by atoms with van der Waals surface area (Å²) in [6.07, 6.45) is 5.47. The van der Waals surface area contributed by atoms with Gasteiger partial charge in [-0.3, -0.25) is 4.79 Å². The summed E-state index contributed by atoms with van der Waals surface area (Å²) >= 11 is 0. The monoisotopic (exact) mass is 468 g/mol.